The number of aryl methyl sites for hydroxylation is 1. The van der Waals surface area contributed by atoms with Gasteiger partial charge in [0.1, 0.15) is 11.6 Å². The Morgan fingerprint density at radius 2 is 2.00 bits per heavy atom. The van der Waals surface area contributed by atoms with Gasteiger partial charge in [-0.3, -0.25) is 0 Å². The summed E-state index contributed by atoms with van der Waals surface area (Å²) in [5.41, 5.74) is 0.337. The number of aromatic nitrogens is 2. The van der Waals surface area contributed by atoms with Gasteiger partial charge in [-0.25, -0.2) is 12.8 Å². The summed E-state index contributed by atoms with van der Waals surface area (Å²) in [4.78, 5) is 4.04. The van der Waals surface area contributed by atoms with Crippen molar-refractivity contribution in [3.8, 4) is 0 Å². The van der Waals surface area contributed by atoms with E-state index >= 15 is 0 Å². The molecule has 0 spiro atoms. The first kappa shape index (κ1) is 17.6. The molecule has 0 bridgehead atoms. The van der Waals surface area contributed by atoms with E-state index in [2.05, 4.69) is 10.1 Å². The van der Waals surface area contributed by atoms with Crippen LogP contribution in [0.4, 0.5) is 4.39 Å². The van der Waals surface area contributed by atoms with Crippen LogP contribution < -0.4 is 0 Å². The Morgan fingerprint density at radius 3 is 2.65 bits per heavy atom. The summed E-state index contributed by atoms with van der Waals surface area (Å²) < 4.78 is 42.0. The zero-order valence-electron chi connectivity index (χ0n) is 12.8. The lowest BCUT2D eigenvalue weighted by atomic mass is 10.1. The van der Waals surface area contributed by atoms with Gasteiger partial charge < -0.3 is 9.63 Å². The quantitative estimate of drug-likeness (QED) is 0.790. The summed E-state index contributed by atoms with van der Waals surface area (Å²) in [6.45, 7) is 2.03. The van der Waals surface area contributed by atoms with Crippen molar-refractivity contribution in [2.24, 2.45) is 0 Å². The molecule has 0 radical (unpaired) electrons. The van der Waals surface area contributed by atoms with E-state index < -0.39 is 33.3 Å². The maximum absolute atomic E-state index is 12.8. The highest BCUT2D eigenvalue weighted by atomic mass is 32.2. The predicted molar refractivity (Wildman–Crippen MR) is 81.8 cm³/mol. The molecular weight excluding hydrogens is 323 g/mol. The van der Waals surface area contributed by atoms with Crippen molar-refractivity contribution < 1.29 is 22.4 Å². The van der Waals surface area contributed by atoms with Crippen LogP contribution >= 0.6 is 0 Å². The van der Waals surface area contributed by atoms with E-state index in [1.165, 1.54) is 24.3 Å². The number of aliphatic hydroxyl groups is 1. The minimum Gasteiger partial charge on any atom is -0.387 e. The number of aliphatic hydroxyl groups excluding tert-OH is 1. The summed E-state index contributed by atoms with van der Waals surface area (Å²) in [5, 5.41) is 13.7. The summed E-state index contributed by atoms with van der Waals surface area (Å²) in [6, 6.07) is 5.04. The molecule has 1 N–H and O–H groups in total. The molecule has 0 amide bonds. The highest BCUT2D eigenvalue weighted by Crippen LogP contribution is 2.17. The smallest absolute Gasteiger partial charge is 0.241 e. The Morgan fingerprint density at radius 1 is 1.30 bits per heavy atom. The standard InChI is InChI=1S/C15H19FN2O4S/c1-2-3-4-14-17-15(22-18-14)10-23(20,21)9-13(19)11-5-7-12(16)8-6-11/h5-8,13,19H,2-4,9-10H2,1H3. The van der Waals surface area contributed by atoms with Crippen LogP contribution in [0.1, 0.15) is 43.1 Å². The molecule has 0 aliphatic carbocycles. The molecule has 0 aliphatic heterocycles. The number of rotatable bonds is 8. The Labute approximate surface area is 134 Å². The third-order valence-corrected chi connectivity index (χ3v) is 4.78. The summed E-state index contributed by atoms with van der Waals surface area (Å²) in [7, 11) is -3.64. The topological polar surface area (TPSA) is 93.3 Å². The molecule has 126 valence electrons. The first-order valence-corrected chi connectivity index (χ1v) is 9.17. The Hall–Kier alpha value is -1.80. The van der Waals surface area contributed by atoms with Crippen LogP contribution in [0, 0.1) is 5.82 Å². The third kappa shape index (κ3) is 5.40. The number of sulfone groups is 1. The lowest BCUT2D eigenvalue weighted by Gasteiger charge is -2.10. The van der Waals surface area contributed by atoms with Crippen LogP contribution in [0.3, 0.4) is 0 Å². The average molecular weight is 342 g/mol. The zero-order valence-corrected chi connectivity index (χ0v) is 13.6. The number of hydrogen-bond acceptors (Lipinski definition) is 6. The van der Waals surface area contributed by atoms with Crippen LogP contribution in [-0.4, -0.2) is 29.4 Å². The van der Waals surface area contributed by atoms with Crippen LogP contribution in [0.5, 0.6) is 0 Å². The predicted octanol–water partition coefficient (Wildman–Crippen LogP) is 2.20. The maximum atomic E-state index is 12.8. The van der Waals surface area contributed by atoms with E-state index in [1.807, 2.05) is 6.92 Å². The van der Waals surface area contributed by atoms with E-state index in [4.69, 9.17) is 4.52 Å². The largest absolute Gasteiger partial charge is 0.387 e. The van der Waals surface area contributed by atoms with Gasteiger partial charge in [-0.05, 0) is 24.1 Å². The van der Waals surface area contributed by atoms with Gasteiger partial charge in [0, 0.05) is 6.42 Å². The molecule has 1 unspecified atom stereocenters. The van der Waals surface area contributed by atoms with Crippen LogP contribution in [0.15, 0.2) is 28.8 Å². The molecule has 0 aliphatic rings. The van der Waals surface area contributed by atoms with Crippen LogP contribution in [0.2, 0.25) is 0 Å². The molecule has 23 heavy (non-hydrogen) atoms. The Balaban J connectivity index is 1.98. The Kier molecular flexibility index (Phi) is 5.84. The van der Waals surface area contributed by atoms with E-state index in [9.17, 15) is 17.9 Å². The van der Waals surface area contributed by atoms with E-state index in [0.29, 0.717) is 17.8 Å². The number of unbranched alkanes of at least 4 members (excludes halogenated alkanes) is 1. The number of halogens is 1. The average Bonchev–Trinajstić information content (AvgIpc) is 2.91. The second-order valence-electron chi connectivity index (χ2n) is 5.33. The first-order chi connectivity index (χ1) is 10.9. The van der Waals surface area contributed by atoms with Crippen molar-refractivity contribution in [2.45, 2.75) is 38.0 Å². The SMILES string of the molecule is CCCCc1noc(CS(=O)(=O)CC(O)c2ccc(F)cc2)n1. The molecule has 2 rings (SSSR count). The fraction of sp³-hybridized carbons (Fsp3) is 0.467. The zero-order chi connectivity index (χ0) is 16.9. The van der Waals surface area contributed by atoms with Crippen molar-refractivity contribution in [2.75, 3.05) is 5.75 Å². The molecule has 1 aromatic heterocycles. The lowest BCUT2D eigenvalue weighted by molar-refractivity contribution is 0.201. The first-order valence-electron chi connectivity index (χ1n) is 7.35. The third-order valence-electron chi connectivity index (χ3n) is 3.27. The molecule has 0 saturated heterocycles. The van der Waals surface area contributed by atoms with Gasteiger partial charge >= 0.3 is 0 Å². The van der Waals surface area contributed by atoms with Gasteiger partial charge in [0.05, 0.1) is 11.9 Å². The highest BCUT2D eigenvalue weighted by molar-refractivity contribution is 7.90. The van der Waals surface area contributed by atoms with Crippen molar-refractivity contribution in [1.82, 2.24) is 10.1 Å². The molecule has 6 nitrogen and oxygen atoms in total. The Bertz CT molecular complexity index is 728. The number of hydrogen-bond donors (Lipinski definition) is 1. The van der Waals surface area contributed by atoms with Gasteiger partial charge in [0.2, 0.25) is 5.89 Å². The fourth-order valence-electron chi connectivity index (χ4n) is 2.05. The molecular formula is C15H19FN2O4S. The summed E-state index contributed by atoms with van der Waals surface area (Å²) in [5.74, 6) is -0.872. The van der Waals surface area contributed by atoms with Gasteiger partial charge in [-0.15, -0.1) is 0 Å². The lowest BCUT2D eigenvalue weighted by Crippen LogP contribution is -2.16. The molecule has 1 heterocycles. The van der Waals surface area contributed by atoms with E-state index in [-0.39, 0.29) is 5.89 Å². The molecule has 0 fully saturated rings. The summed E-state index contributed by atoms with van der Waals surface area (Å²) in [6.07, 6.45) is 1.28. The monoisotopic (exact) mass is 342 g/mol. The molecule has 1 aromatic carbocycles. The fourth-order valence-corrected chi connectivity index (χ4v) is 3.34. The van der Waals surface area contributed by atoms with Crippen LogP contribution in [-0.2, 0) is 22.0 Å². The number of nitrogens with zero attached hydrogens (tertiary/aromatic N) is 2. The molecule has 2 aromatic rings. The minimum absolute atomic E-state index is 0.0161. The van der Waals surface area contributed by atoms with Gasteiger partial charge in [0.15, 0.2) is 15.7 Å². The second kappa shape index (κ2) is 7.65. The van der Waals surface area contributed by atoms with E-state index in [0.717, 1.165) is 12.8 Å². The van der Waals surface area contributed by atoms with Crippen molar-refractivity contribution in [3.63, 3.8) is 0 Å². The highest BCUT2D eigenvalue weighted by Gasteiger charge is 2.22. The normalized spacial score (nSPS) is 13.2. The number of benzene rings is 1. The van der Waals surface area contributed by atoms with Crippen molar-refractivity contribution in [1.29, 1.82) is 0 Å². The van der Waals surface area contributed by atoms with Gasteiger partial charge in [-0.1, -0.05) is 30.6 Å². The minimum atomic E-state index is -3.64. The van der Waals surface area contributed by atoms with Crippen molar-refractivity contribution in [3.05, 3.63) is 47.4 Å². The summed E-state index contributed by atoms with van der Waals surface area (Å²) >= 11 is 0. The van der Waals surface area contributed by atoms with Crippen molar-refractivity contribution >= 4 is 9.84 Å². The van der Waals surface area contributed by atoms with Gasteiger partial charge in [0.25, 0.3) is 0 Å². The second-order valence-corrected chi connectivity index (χ2v) is 7.44. The molecule has 8 heteroatoms. The van der Waals surface area contributed by atoms with E-state index in [1.54, 1.807) is 0 Å². The molecule has 1 atom stereocenters. The maximum Gasteiger partial charge on any atom is 0.241 e. The van der Waals surface area contributed by atoms with Gasteiger partial charge in [-0.2, -0.15) is 4.98 Å². The molecule has 0 saturated carbocycles. The van der Waals surface area contributed by atoms with Crippen LogP contribution in [0.25, 0.3) is 0 Å².